The van der Waals surface area contributed by atoms with Crippen molar-refractivity contribution in [2.75, 3.05) is 105 Å². The largest absolute Gasteiger partial charge is 0.456 e. The first-order valence-corrected chi connectivity index (χ1v) is 49.9. The molecule has 12 aromatic heterocycles. The summed E-state index contributed by atoms with van der Waals surface area (Å²) in [5.41, 5.74) is 17.9. The van der Waals surface area contributed by atoms with Crippen LogP contribution in [0, 0.1) is 5.92 Å². The first-order chi connectivity index (χ1) is 72.5. The van der Waals surface area contributed by atoms with Crippen molar-refractivity contribution in [3.63, 3.8) is 0 Å². The summed E-state index contributed by atoms with van der Waals surface area (Å²) in [6, 6.07) is 54.0. The normalized spacial score (nSPS) is 14.9. The molecule has 1 aliphatic carbocycles. The van der Waals surface area contributed by atoms with Crippen LogP contribution in [0.5, 0.6) is 11.5 Å². The molecule has 744 valence electrons. The van der Waals surface area contributed by atoms with Crippen LogP contribution in [0.2, 0.25) is 0 Å². The number of anilines is 5. The molecular formula is C111H105N27O10. The van der Waals surface area contributed by atoms with Crippen molar-refractivity contribution in [3.05, 3.63) is 307 Å². The van der Waals surface area contributed by atoms with Gasteiger partial charge in [0.2, 0.25) is 5.91 Å². The minimum absolute atomic E-state index is 0.0196. The fourth-order valence-electron chi connectivity index (χ4n) is 18.9. The number of hydrogen-bond acceptors (Lipinski definition) is 24. The molecule has 6 saturated heterocycles. The molecule has 17 aromatic rings. The Kier molecular flexibility index (Phi) is 28.7. The SMILES string of the molecule is O=C(Nc1ccc(C(=O)N2CCCC2)nc1)c1n[nH]c2ccc(-c3cncc(CN4CCC4)c3)cc12.O=C(Nc1ccc(C(=O)N2CCCC2)nc1)c1n[nH]c2ccc(-c3cncc(CN4CCCC4)c3)cc12.O=C(Nc1ccc(C(=O)N2CCCC2)nc1)c1n[nH]c2ccc(-c3cncc(NC(=O)C4CC4)c3)cc12.O=C(Nc1ccc(C(=O)N2CCCC2)nc1)c1n[nH]c2ccc(-c3cncc(Oc4ccccc4)c3)cc12. The lowest BCUT2D eigenvalue weighted by atomic mass is 10.0. The number of para-hydroxylation sites is 1. The van der Waals surface area contributed by atoms with E-state index in [1.54, 1.807) is 83.1 Å². The summed E-state index contributed by atoms with van der Waals surface area (Å²) in [5, 5.41) is 45.7. The standard InChI is InChI=1S/C29H24N6O3.C28H29N7O2.C27H25N7O3.C27H27N7O2/c36-28(32-21-9-11-26(31-17-21)29(37)35-12-4-5-13-35)27-24-15-19(8-10-25(24)33-34-27)20-14-23(18-30-16-20)38-22-6-2-1-3-7-22;36-27(31-22-6-8-25(30-17-22)28(37)35-11-3-4-12-35)26-23-14-20(5-7-24(23)32-33-26)21-13-19(15-29-16-21)18-34-9-1-2-10-34;35-25(16-3-4-16)31-20-11-18(13-28-14-20)17-5-7-22-21(12-17)24(33-32-22)26(36)30-19-6-8-23(29-15-19)27(37)34-9-1-2-10-34;35-26(30-21-5-7-24(29-16-21)27(36)34-10-1-2-11-34)25-22-13-19(4-6-23(22)31-32-25)20-12-18(14-28-15-20)17-33-8-3-9-33/h1-3,6-11,14-18H,4-5,12-13H2,(H,32,36)(H,33,34);5-8,13-17H,1-4,9-12,18H2,(H,31,36)(H,32,33);5-8,11-16H,1-4,9-10H2,(H,30,36)(H,31,35)(H,32,33);4-7,12-16H,1-3,8-11,17H2,(H,30,35)(H,31,32). The summed E-state index contributed by atoms with van der Waals surface area (Å²) in [6.07, 6.45) is 34.1. The number of carbonyl (C=O) groups is 9. The quantitative estimate of drug-likeness (QED) is 0.0271. The fourth-order valence-corrected chi connectivity index (χ4v) is 18.9. The summed E-state index contributed by atoms with van der Waals surface area (Å²) < 4.78 is 5.92. The molecule has 6 aliphatic heterocycles. The van der Waals surface area contributed by atoms with Gasteiger partial charge in [-0.25, -0.2) is 19.9 Å². The van der Waals surface area contributed by atoms with Crippen LogP contribution in [-0.2, 0) is 17.9 Å². The molecule has 5 aromatic carbocycles. The average Bonchev–Trinajstić information content (AvgIpc) is 1.63. The molecule has 0 unspecified atom stereocenters. The molecule has 7 aliphatic rings. The van der Waals surface area contributed by atoms with Crippen molar-refractivity contribution in [2.45, 2.75) is 96.6 Å². The first kappa shape index (κ1) is 96.3. The monoisotopic (exact) mass is 1980 g/mol. The van der Waals surface area contributed by atoms with Gasteiger partial charge >= 0.3 is 0 Å². The zero-order valence-electron chi connectivity index (χ0n) is 81.0. The van der Waals surface area contributed by atoms with Crippen LogP contribution in [0.3, 0.4) is 0 Å². The second-order valence-electron chi connectivity index (χ2n) is 37.7. The third kappa shape index (κ3) is 22.7. The van der Waals surface area contributed by atoms with Gasteiger partial charge in [-0.15, -0.1) is 0 Å². The van der Waals surface area contributed by atoms with Crippen LogP contribution in [0.1, 0.15) is 179 Å². The number of rotatable bonds is 24. The molecule has 9 amide bonds. The summed E-state index contributed by atoms with van der Waals surface area (Å²) >= 11 is 0. The predicted octanol–water partition coefficient (Wildman–Crippen LogP) is 17.0. The lowest BCUT2D eigenvalue weighted by molar-refractivity contribution is -0.117. The van der Waals surface area contributed by atoms with Gasteiger partial charge in [0.25, 0.3) is 47.3 Å². The number of aromatic nitrogens is 16. The Morgan fingerprint density at radius 3 is 0.905 bits per heavy atom. The molecule has 37 nitrogen and oxygen atoms in total. The Hall–Kier alpha value is -17.9. The average molecular weight is 1980 g/mol. The lowest BCUT2D eigenvalue weighted by Crippen LogP contribution is -2.36. The Bertz CT molecular complexity index is 7790. The van der Waals surface area contributed by atoms with Gasteiger partial charge in [-0.05, 0) is 276 Å². The van der Waals surface area contributed by atoms with E-state index in [4.69, 9.17) is 4.74 Å². The van der Waals surface area contributed by atoms with Gasteiger partial charge in [0.15, 0.2) is 22.8 Å². The predicted molar refractivity (Wildman–Crippen MR) is 559 cm³/mol. The van der Waals surface area contributed by atoms with E-state index in [9.17, 15) is 43.2 Å². The molecule has 18 heterocycles. The van der Waals surface area contributed by atoms with Crippen molar-refractivity contribution in [3.8, 4) is 56.0 Å². The number of nitrogens with one attached hydrogen (secondary N) is 9. The molecule has 148 heavy (non-hydrogen) atoms. The van der Waals surface area contributed by atoms with E-state index >= 15 is 0 Å². The van der Waals surface area contributed by atoms with Crippen molar-refractivity contribution >= 4 is 125 Å². The Labute approximate surface area is 849 Å². The first-order valence-electron chi connectivity index (χ1n) is 49.9. The number of H-pyrrole nitrogens is 4. The Balaban J connectivity index is 0.000000116. The van der Waals surface area contributed by atoms with Crippen molar-refractivity contribution in [1.82, 2.24) is 110 Å². The maximum Gasteiger partial charge on any atom is 0.276 e. The molecule has 0 atom stereocenters. The zero-order valence-corrected chi connectivity index (χ0v) is 81.0. The van der Waals surface area contributed by atoms with E-state index in [-0.39, 0.29) is 64.6 Å². The number of pyridine rings is 8. The van der Waals surface area contributed by atoms with Gasteiger partial charge in [-0.1, -0.05) is 42.5 Å². The van der Waals surface area contributed by atoms with E-state index in [0.717, 1.165) is 233 Å². The van der Waals surface area contributed by atoms with Gasteiger partial charge in [0.05, 0.1) is 87.7 Å². The number of nitrogens with zero attached hydrogens (tertiary/aromatic N) is 18. The summed E-state index contributed by atoms with van der Waals surface area (Å²) in [4.78, 5) is 161. The number of aromatic amines is 4. The minimum Gasteiger partial charge on any atom is -0.456 e. The highest BCUT2D eigenvalue weighted by molar-refractivity contribution is 6.15. The number of fused-ring (bicyclic) bond motifs is 4. The van der Waals surface area contributed by atoms with Crippen LogP contribution < -0.4 is 31.3 Å². The molecule has 0 spiro atoms. The van der Waals surface area contributed by atoms with Crippen LogP contribution >= 0.6 is 0 Å². The molecule has 0 bridgehead atoms. The molecule has 37 heteroatoms. The van der Waals surface area contributed by atoms with Crippen LogP contribution in [0.4, 0.5) is 28.4 Å². The number of ether oxygens (including phenoxy) is 1. The Morgan fingerprint density at radius 2 is 0.588 bits per heavy atom. The second-order valence-corrected chi connectivity index (χ2v) is 37.7. The van der Waals surface area contributed by atoms with Crippen molar-refractivity contribution in [1.29, 1.82) is 0 Å². The maximum atomic E-state index is 13.1. The molecule has 9 N–H and O–H groups in total. The number of benzene rings is 5. The minimum atomic E-state index is -0.396. The highest BCUT2D eigenvalue weighted by Gasteiger charge is 2.32. The van der Waals surface area contributed by atoms with E-state index in [1.807, 2.05) is 150 Å². The Morgan fingerprint density at radius 1 is 0.277 bits per heavy atom. The molecule has 1 saturated carbocycles. The van der Waals surface area contributed by atoms with Gasteiger partial charge in [-0.3, -0.25) is 93.3 Å². The number of likely N-dealkylation sites (tertiary alicyclic amines) is 6. The number of carbonyl (C=O) groups excluding carboxylic acids is 9. The van der Waals surface area contributed by atoms with Crippen molar-refractivity contribution in [2.24, 2.45) is 5.92 Å². The second kappa shape index (κ2) is 44.1. The summed E-state index contributed by atoms with van der Waals surface area (Å²) in [7, 11) is 0. The van der Waals surface area contributed by atoms with Crippen LogP contribution in [-0.4, -0.2) is 242 Å². The van der Waals surface area contributed by atoms with E-state index in [1.165, 1.54) is 55.2 Å². The molecular weight excluding hydrogens is 1870 g/mol. The van der Waals surface area contributed by atoms with E-state index in [2.05, 4.69) is 129 Å². The number of hydrogen-bond donors (Lipinski definition) is 9. The van der Waals surface area contributed by atoms with E-state index in [0.29, 0.717) is 84.6 Å². The summed E-state index contributed by atoms with van der Waals surface area (Å²) in [5.74, 6) is -0.328. The van der Waals surface area contributed by atoms with Crippen LogP contribution in [0.15, 0.2) is 250 Å². The van der Waals surface area contributed by atoms with Gasteiger partial charge < -0.3 is 50.9 Å². The maximum absolute atomic E-state index is 13.1. The van der Waals surface area contributed by atoms with Crippen molar-refractivity contribution < 1.29 is 47.9 Å². The van der Waals surface area contributed by atoms with Crippen LogP contribution in [0.25, 0.3) is 88.1 Å². The fraction of sp³-hybridized carbons (Fsp3) is 0.252. The van der Waals surface area contributed by atoms with E-state index < -0.39 is 5.91 Å². The zero-order chi connectivity index (χ0) is 101. The third-order valence-electron chi connectivity index (χ3n) is 27.2. The third-order valence-corrected chi connectivity index (χ3v) is 27.2. The number of amides is 9. The smallest absolute Gasteiger partial charge is 0.276 e. The van der Waals surface area contributed by atoms with Gasteiger partial charge in [-0.2, -0.15) is 20.4 Å². The molecule has 24 rings (SSSR count). The summed E-state index contributed by atoms with van der Waals surface area (Å²) in [6.45, 7) is 12.4. The molecule has 7 fully saturated rings. The topological polar surface area (TPSA) is 460 Å². The van der Waals surface area contributed by atoms with Gasteiger partial charge in [0.1, 0.15) is 34.3 Å². The highest BCUT2D eigenvalue weighted by Crippen LogP contribution is 2.37. The molecule has 0 radical (unpaired) electrons. The lowest BCUT2D eigenvalue weighted by Gasteiger charge is -2.30. The van der Waals surface area contributed by atoms with Gasteiger partial charge in [0, 0.05) is 152 Å². The highest BCUT2D eigenvalue weighted by atomic mass is 16.5.